The zero-order valence-corrected chi connectivity index (χ0v) is 14.3. The number of rotatable bonds is 8. The van der Waals surface area contributed by atoms with Crippen LogP contribution in [0.15, 0.2) is 29.2 Å². The Morgan fingerprint density at radius 2 is 1.62 bits per heavy atom. The third-order valence-electron chi connectivity index (χ3n) is 3.66. The second-order valence-electron chi connectivity index (χ2n) is 6.23. The lowest BCUT2D eigenvalue weighted by Gasteiger charge is -2.21. The highest BCUT2D eigenvalue weighted by atomic mass is 32.2. The average molecular weight is 312 g/mol. The fraction of sp³-hybridized carbons (Fsp3) is 0.625. The molecule has 5 heteroatoms. The van der Waals surface area contributed by atoms with Crippen molar-refractivity contribution in [1.82, 2.24) is 5.32 Å². The molecule has 0 saturated carbocycles. The lowest BCUT2D eigenvalue weighted by molar-refractivity contribution is 0.423. The van der Waals surface area contributed by atoms with Gasteiger partial charge in [0.05, 0.1) is 4.90 Å². The normalized spacial score (nSPS) is 15.1. The Morgan fingerprint density at radius 1 is 1.05 bits per heavy atom. The molecule has 120 valence electrons. The minimum absolute atomic E-state index is 0.156. The van der Waals surface area contributed by atoms with Gasteiger partial charge in [-0.1, -0.05) is 38.8 Å². The van der Waals surface area contributed by atoms with E-state index in [-0.39, 0.29) is 10.9 Å². The molecule has 0 aromatic heterocycles. The molecule has 0 heterocycles. The number of hydrogen-bond acceptors (Lipinski definition) is 3. The first-order valence-corrected chi connectivity index (χ1v) is 9.13. The van der Waals surface area contributed by atoms with Crippen LogP contribution < -0.4 is 10.5 Å². The number of hydrogen-bond donors (Lipinski definition) is 2. The zero-order valence-electron chi connectivity index (χ0n) is 13.5. The van der Waals surface area contributed by atoms with E-state index in [0.29, 0.717) is 6.04 Å². The van der Waals surface area contributed by atoms with Gasteiger partial charge >= 0.3 is 0 Å². The maximum Gasteiger partial charge on any atom is 0.238 e. The number of benzene rings is 1. The van der Waals surface area contributed by atoms with Gasteiger partial charge in [0, 0.05) is 12.1 Å². The van der Waals surface area contributed by atoms with Gasteiger partial charge in [-0.2, -0.15) is 0 Å². The van der Waals surface area contributed by atoms with Crippen molar-refractivity contribution >= 4 is 10.0 Å². The van der Waals surface area contributed by atoms with Gasteiger partial charge in [0.1, 0.15) is 0 Å². The Bertz CT molecular complexity index is 524. The maximum absolute atomic E-state index is 11.2. The van der Waals surface area contributed by atoms with E-state index < -0.39 is 10.0 Å². The van der Waals surface area contributed by atoms with Crippen molar-refractivity contribution < 1.29 is 8.42 Å². The van der Waals surface area contributed by atoms with Crippen molar-refractivity contribution in [2.75, 3.05) is 0 Å². The van der Waals surface area contributed by atoms with Crippen LogP contribution in [0.3, 0.4) is 0 Å². The van der Waals surface area contributed by atoms with Crippen LogP contribution in [0.5, 0.6) is 0 Å². The first kappa shape index (κ1) is 18.1. The molecule has 0 aliphatic heterocycles. The molecule has 1 aromatic carbocycles. The van der Waals surface area contributed by atoms with Crippen molar-refractivity contribution in [3.05, 3.63) is 29.8 Å². The minimum Gasteiger partial charge on any atom is -0.308 e. The van der Waals surface area contributed by atoms with E-state index in [1.54, 1.807) is 12.1 Å². The number of primary sulfonamides is 1. The molecule has 0 aliphatic rings. The van der Waals surface area contributed by atoms with Crippen LogP contribution in [-0.4, -0.2) is 14.5 Å². The van der Waals surface area contributed by atoms with Gasteiger partial charge in [-0.3, -0.25) is 0 Å². The second kappa shape index (κ2) is 7.92. The largest absolute Gasteiger partial charge is 0.308 e. The number of nitrogens with two attached hydrogens (primary N) is 1. The molecule has 0 bridgehead atoms. The van der Waals surface area contributed by atoms with Gasteiger partial charge in [-0.05, 0) is 43.9 Å². The van der Waals surface area contributed by atoms with E-state index >= 15 is 0 Å². The van der Waals surface area contributed by atoms with Crippen LogP contribution in [0.25, 0.3) is 0 Å². The fourth-order valence-corrected chi connectivity index (χ4v) is 2.90. The van der Waals surface area contributed by atoms with E-state index in [2.05, 4.69) is 33.0 Å². The smallest absolute Gasteiger partial charge is 0.238 e. The van der Waals surface area contributed by atoms with Crippen molar-refractivity contribution in [3.8, 4) is 0 Å². The second-order valence-corrected chi connectivity index (χ2v) is 7.79. The van der Waals surface area contributed by atoms with Crippen molar-refractivity contribution in [2.24, 2.45) is 11.1 Å². The molecular formula is C16H28N2O2S. The van der Waals surface area contributed by atoms with Gasteiger partial charge in [0.15, 0.2) is 0 Å². The lowest BCUT2D eigenvalue weighted by Crippen LogP contribution is -2.29. The fourth-order valence-electron chi connectivity index (χ4n) is 2.38. The van der Waals surface area contributed by atoms with E-state index in [0.717, 1.165) is 17.9 Å². The van der Waals surface area contributed by atoms with Crippen molar-refractivity contribution in [2.45, 2.75) is 63.9 Å². The summed E-state index contributed by atoms with van der Waals surface area (Å²) in [6, 6.07) is 7.39. The quantitative estimate of drug-likeness (QED) is 0.774. The summed E-state index contributed by atoms with van der Waals surface area (Å²) >= 11 is 0. The zero-order chi connectivity index (χ0) is 16.0. The average Bonchev–Trinajstić information content (AvgIpc) is 2.37. The summed E-state index contributed by atoms with van der Waals surface area (Å²) in [4.78, 5) is 0.156. The predicted octanol–water partition coefficient (Wildman–Crippen LogP) is 3.20. The van der Waals surface area contributed by atoms with Gasteiger partial charge in [-0.15, -0.1) is 0 Å². The summed E-state index contributed by atoms with van der Waals surface area (Å²) < 4.78 is 22.5. The van der Waals surface area contributed by atoms with Crippen LogP contribution >= 0.6 is 0 Å². The molecule has 3 N–H and O–H groups in total. The third-order valence-corrected chi connectivity index (χ3v) is 4.59. The molecule has 1 rings (SSSR count). The summed E-state index contributed by atoms with van der Waals surface area (Å²) in [6.07, 6.45) is 3.63. The third kappa shape index (κ3) is 6.59. The van der Waals surface area contributed by atoms with Gasteiger partial charge < -0.3 is 5.32 Å². The maximum atomic E-state index is 11.2. The van der Waals surface area contributed by atoms with Crippen LogP contribution in [0.2, 0.25) is 0 Å². The van der Waals surface area contributed by atoms with E-state index in [1.807, 2.05) is 12.1 Å². The summed E-state index contributed by atoms with van der Waals surface area (Å²) in [6.45, 7) is 8.77. The van der Waals surface area contributed by atoms with Gasteiger partial charge in [-0.25, -0.2) is 13.6 Å². The van der Waals surface area contributed by atoms with E-state index in [4.69, 9.17) is 5.14 Å². The summed E-state index contributed by atoms with van der Waals surface area (Å²) in [5.74, 6) is 0.750. The first-order chi connectivity index (χ1) is 9.70. The Hall–Kier alpha value is -0.910. The Labute approximate surface area is 129 Å². The van der Waals surface area contributed by atoms with Crippen LogP contribution in [0.1, 0.15) is 58.6 Å². The molecule has 0 fully saturated rings. The van der Waals surface area contributed by atoms with Crippen molar-refractivity contribution in [1.29, 1.82) is 0 Å². The summed E-state index contributed by atoms with van der Waals surface area (Å²) in [7, 11) is -3.61. The molecule has 0 spiro atoms. The number of sulfonamides is 1. The highest BCUT2D eigenvalue weighted by Crippen LogP contribution is 2.17. The highest BCUT2D eigenvalue weighted by Gasteiger charge is 2.12. The van der Waals surface area contributed by atoms with Gasteiger partial charge in [0.2, 0.25) is 10.0 Å². The standard InChI is InChI=1S/C16H28N2O2S/c1-12(2)6-5-7-13(3)18-14(4)15-8-10-16(11-9-15)21(17,19)20/h8-14,18H,5-7H2,1-4H3,(H2,17,19,20). The molecular weight excluding hydrogens is 284 g/mol. The summed E-state index contributed by atoms with van der Waals surface area (Å²) in [5, 5.41) is 8.65. The lowest BCUT2D eigenvalue weighted by atomic mass is 10.0. The monoisotopic (exact) mass is 312 g/mol. The SMILES string of the molecule is CC(C)CCCC(C)NC(C)c1ccc(S(N)(=O)=O)cc1. The minimum atomic E-state index is -3.61. The van der Waals surface area contributed by atoms with Crippen LogP contribution in [0, 0.1) is 5.92 Å². The van der Waals surface area contributed by atoms with E-state index in [9.17, 15) is 8.42 Å². The Morgan fingerprint density at radius 3 is 2.10 bits per heavy atom. The van der Waals surface area contributed by atoms with Gasteiger partial charge in [0.25, 0.3) is 0 Å². The van der Waals surface area contributed by atoms with Crippen molar-refractivity contribution in [3.63, 3.8) is 0 Å². The Kier molecular flexibility index (Phi) is 6.84. The highest BCUT2D eigenvalue weighted by molar-refractivity contribution is 7.89. The Balaban J connectivity index is 2.53. The molecule has 1 aromatic rings. The van der Waals surface area contributed by atoms with Crippen LogP contribution in [0.4, 0.5) is 0 Å². The number of nitrogens with one attached hydrogen (secondary N) is 1. The molecule has 21 heavy (non-hydrogen) atoms. The molecule has 0 aliphatic carbocycles. The molecule has 2 atom stereocenters. The topological polar surface area (TPSA) is 72.2 Å². The molecule has 0 saturated heterocycles. The summed E-state index contributed by atoms with van der Waals surface area (Å²) in [5.41, 5.74) is 1.07. The molecule has 4 nitrogen and oxygen atoms in total. The molecule has 0 amide bonds. The first-order valence-electron chi connectivity index (χ1n) is 7.59. The molecule has 2 unspecified atom stereocenters. The van der Waals surface area contributed by atoms with Crippen LogP contribution in [-0.2, 0) is 10.0 Å². The predicted molar refractivity (Wildman–Crippen MR) is 87.5 cm³/mol. The molecule has 0 radical (unpaired) electrons. The van der Waals surface area contributed by atoms with E-state index in [1.165, 1.54) is 12.8 Å².